The Morgan fingerprint density at radius 3 is 1.72 bits per heavy atom. The molecule has 0 atom stereocenters. The maximum atomic E-state index is 13.3. The van der Waals surface area contributed by atoms with Crippen LogP contribution in [0.1, 0.15) is 17.5 Å². The number of thiazole rings is 2. The van der Waals surface area contributed by atoms with Crippen LogP contribution in [0.15, 0.2) is 106 Å². The van der Waals surface area contributed by atoms with E-state index in [1.807, 2.05) is 17.0 Å². The lowest BCUT2D eigenvalue weighted by atomic mass is 10.1. The van der Waals surface area contributed by atoms with Gasteiger partial charge >= 0.3 is 6.03 Å². The Labute approximate surface area is 294 Å². The van der Waals surface area contributed by atoms with Gasteiger partial charge in [0.25, 0.3) is 20.0 Å². The minimum atomic E-state index is -3.71. The number of halogens is 1. The van der Waals surface area contributed by atoms with Gasteiger partial charge in [-0.1, -0.05) is 24.3 Å². The number of rotatable bonds is 8. The van der Waals surface area contributed by atoms with E-state index >= 15 is 0 Å². The van der Waals surface area contributed by atoms with Gasteiger partial charge in [-0.25, -0.2) is 31.6 Å². The number of amides is 2. The first kappa shape index (κ1) is 33.3. The van der Waals surface area contributed by atoms with Gasteiger partial charge in [-0.05, 0) is 102 Å². The molecular weight excluding hydrogens is 792 g/mol. The lowest BCUT2D eigenvalue weighted by Crippen LogP contribution is -2.53. The molecule has 1 aliphatic heterocycles. The van der Waals surface area contributed by atoms with Crippen LogP contribution in [0.25, 0.3) is 0 Å². The summed E-state index contributed by atoms with van der Waals surface area (Å²) in [5.41, 5.74) is 3.35. The number of hydrogen-bond acceptors (Lipinski definition) is 9. The van der Waals surface area contributed by atoms with E-state index in [0.717, 1.165) is 29.4 Å². The zero-order valence-corrected chi connectivity index (χ0v) is 30.1. The molecule has 244 valence electrons. The summed E-state index contributed by atoms with van der Waals surface area (Å²) in [7, 11) is -7.22. The van der Waals surface area contributed by atoms with E-state index in [9.17, 15) is 21.6 Å². The van der Waals surface area contributed by atoms with E-state index in [2.05, 4.69) is 54.1 Å². The van der Waals surface area contributed by atoms with Crippen LogP contribution in [0.5, 0.6) is 0 Å². The molecule has 2 aliphatic rings. The molecule has 47 heavy (non-hydrogen) atoms. The molecule has 1 fully saturated rings. The molecule has 1 aliphatic carbocycles. The van der Waals surface area contributed by atoms with Gasteiger partial charge in [0.15, 0.2) is 10.3 Å². The summed E-state index contributed by atoms with van der Waals surface area (Å²) in [5.74, 6) is 0. The van der Waals surface area contributed by atoms with Crippen molar-refractivity contribution in [2.24, 2.45) is 0 Å². The van der Waals surface area contributed by atoms with Gasteiger partial charge < -0.3 is 4.90 Å². The van der Waals surface area contributed by atoms with Crippen LogP contribution in [0.3, 0.4) is 0 Å². The van der Waals surface area contributed by atoms with Crippen molar-refractivity contribution in [2.75, 3.05) is 27.4 Å². The maximum absolute atomic E-state index is 13.3. The van der Waals surface area contributed by atoms with Crippen molar-refractivity contribution in [3.8, 4) is 0 Å². The molecule has 1 saturated heterocycles. The number of urea groups is 1. The number of sulfonamides is 2. The molecule has 3 aromatic carbocycles. The monoisotopic (exact) mass is 820 g/mol. The Bertz CT molecular complexity index is 2020. The van der Waals surface area contributed by atoms with Crippen LogP contribution in [0, 0.1) is 3.57 Å². The Morgan fingerprint density at radius 1 is 0.723 bits per heavy atom. The third-order valence-corrected chi connectivity index (χ3v) is 12.7. The number of aromatic nitrogens is 2. The van der Waals surface area contributed by atoms with Crippen molar-refractivity contribution in [2.45, 2.75) is 35.1 Å². The molecule has 0 spiro atoms. The van der Waals surface area contributed by atoms with E-state index in [1.54, 1.807) is 64.5 Å². The first-order chi connectivity index (χ1) is 22.6. The summed E-state index contributed by atoms with van der Waals surface area (Å²) in [4.78, 5) is 25.2. The number of anilines is 3. The first-order valence-electron chi connectivity index (χ1n) is 14.4. The fraction of sp³-hybridized carbons (Fsp3) is 0.194. The molecule has 0 radical (unpaired) electrons. The molecule has 5 aromatic rings. The summed E-state index contributed by atoms with van der Waals surface area (Å²) >= 11 is 4.59. The van der Waals surface area contributed by atoms with Crippen LogP contribution in [-0.4, -0.2) is 56.9 Å². The number of carbonyl (C=O) groups excluding carboxylic acids is 1. The summed E-state index contributed by atoms with van der Waals surface area (Å²) in [6.07, 6.45) is 5.74. The van der Waals surface area contributed by atoms with Crippen molar-refractivity contribution in [1.29, 1.82) is 0 Å². The lowest BCUT2D eigenvalue weighted by molar-refractivity contribution is 0.172. The summed E-state index contributed by atoms with van der Waals surface area (Å²) < 4.78 is 54.7. The Kier molecular flexibility index (Phi) is 10.1. The number of fused-ring (bicyclic) bond motifs is 1. The molecule has 2 amide bonds. The zero-order chi connectivity index (χ0) is 33.0. The molecule has 2 N–H and O–H groups in total. The normalized spacial score (nSPS) is 15.1. The average molecular weight is 821 g/mol. The number of benzene rings is 3. The minimum Gasteiger partial charge on any atom is -0.321 e. The molecule has 3 heterocycles. The Balaban J connectivity index is 0.000000203. The predicted molar refractivity (Wildman–Crippen MR) is 193 cm³/mol. The van der Waals surface area contributed by atoms with Crippen LogP contribution >= 0.6 is 45.3 Å². The largest absolute Gasteiger partial charge is 0.324 e. The Hall–Kier alpha value is -3.58. The highest BCUT2D eigenvalue weighted by atomic mass is 127. The van der Waals surface area contributed by atoms with E-state index in [1.165, 1.54) is 45.9 Å². The number of nitrogens with one attached hydrogen (secondary N) is 2. The highest BCUT2D eigenvalue weighted by molar-refractivity contribution is 14.1. The summed E-state index contributed by atoms with van der Waals surface area (Å²) in [6.45, 7) is 1.37. The van der Waals surface area contributed by atoms with Crippen LogP contribution < -0.4 is 14.3 Å². The second-order valence-corrected chi connectivity index (χ2v) is 17.0. The fourth-order valence-corrected chi connectivity index (χ4v) is 9.33. The topological polar surface area (TPSA) is 142 Å². The molecule has 0 bridgehead atoms. The Morgan fingerprint density at radius 2 is 1.23 bits per heavy atom. The molecule has 0 unspecified atom stereocenters. The van der Waals surface area contributed by atoms with Crippen LogP contribution in [0.2, 0.25) is 0 Å². The second kappa shape index (κ2) is 14.3. The predicted octanol–water partition coefficient (Wildman–Crippen LogP) is 6.29. The van der Waals surface area contributed by atoms with Gasteiger partial charge in [0.2, 0.25) is 0 Å². The van der Waals surface area contributed by atoms with E-state index in [0.29, 0.717) is 22.5 Å². The minimum absolute atomic E-state index is 0.0134. The van der Waals surface area contributed by atoms with Gasteiger partial charge in [-0.2, -0.15) is 0 Å². The number of nitrogens with zero attached hydrogens (tertiary/aromatic N) is 4. The molecule has 2 aromatic heterocycles. The lowest BCUT2D eigenvalue weighted by Gasteiger charge is -2.39. The highest BCUT2D eigenvalue weighted by Crippen LogP contribution is 2.30. The van der Waals surface area contributed by atoms with E-state index in [-0.39, 0.29) is 21.9 Å². The van der Waals surface area contributed by atoms with Gasteiger partial charge in [-0.15, -0.1) is 22.7 Å². The highest BCUT2D eigenvalue weighted by Gasteiger charge is 2.35. The molecule has 7 rings (SSSR count). The zero-order valence-electron chi connectivity index (χ0n) is 24.7. The quantitative estimate of drug-likeness (QED) is 0.175. The van der Waals surface area contributed by atoms with Crippen molar-refractivity contribution >= 4 is 87.3 Å². The molecular formula is C31H29IN6O5S4. The maximum Gasteiger partial charge on any atom is 0.324 e. The third kappa shape index (κ3) is 7.94. The van der Waals surface area contributed by atoms with E-state index in [4.69, 9.17) is 0 Å². The van der Waals surface area contributed by atoms with Crippen LogP contribution in [0.4, 0.5) is 20.7 Å². The van der Waals surface area contributed by atoms with Gasteiger partial charge in [0.05, 0.1) is 9.79 Å². The third-order valence-electron chi connectivity index (χ3n) is 7.62. The van der Waals surface area contributed by atoms with Crippen molar-refractivity contribution in [1.82, 2.24) is 14.9 Å². The average Bonchev–Trinajstić information content (AvgIpc) is 3.84. The summed E-state index contributed by atoms with van der Waals surface area (Å²) in [5, 5.41) is 4.12. The van der Waals surface area contributed by atoms with E-state index < -0.39 is 20.0 Å². The number of carbonyl (C=O) groups is 1. The van der Waals surface area contributed by atoms with Gasteiger partial charge in [0.1, 0.15) is 0 Å². The molecule has 16 heteroatoms. The van der Waals surface area contributed by atoms with Crippen LogP contribution in [-0.2, 0) is 32.9 Å². The van der Waals surface area contributed by atoms with Gasteiger partial charge in [0, 0.05) is 51.5 Å². The van der Waals surface area contributed by atoms with Crippen molar-refractivity contribution < 1.29 is 21.6 Å². The second-order valence-electron chi connectivity index (χ2n) is 10.6. The standard InChI is InChI=1S/C22H22N4O3S2.C9H7IN2O2S2/c27-22-25(11-3-12-26(22)19-14-16-4-1-2-5-17(16)15-19)18-6-8-20(9-7-18)31(28,29)24-21-23-10-13-30-21;10-7-1-3-8(4-2-7)16(13,14)12-9-11-5-6-15-9/h1-2,4-10,13,19H,3,11-12,14-15H2,(H,23,24);1-6H,(H,11,12). The first-order valence-corrected chi connectivity index (χ1v) is 20.2. The van der Waals surface area contributed by atoms with Crippen molar-refractivity contribution in [3.63, 3.8) is 0 Å². The smallest absolute Gasteiger partial charge is 0.321 e. The molecule has 11 nitrogen and oxygen atoms in total. The SMILES string of the molecule is O=C1N(c2ccc(S(=O)(=O)Nc3nccs3)cc2)CCCN1C1Cc2ccccc2C1.O=S(=O)(Nc1nccs1)c1ccc(I)cc1. The van der Waals surface area contributed by atoms with Gasteiger partial charge in [-0.3, -0.25) is 14.3 Å². The number of hydrogen-bond donors (Lipinski definition) is 2. The van der Waals surface area contributed by atoms with Crippen molar-refractivity contribution in [3.05, 3.63) is 111 Å². The summed E-state index contributed by atoms with van der Waals surface area (Å²) in [6, 6.07) is 21.6. The molecule has 0 saturated carbocycles. The fourth-order valence-electron chi connectivity index (χ4n) is 5.39.